The van der Waals surface area contributed by atoms with E-state index in [-0.39, 0.29) is 0 Å². The molecule has 0 aliphatic heterocycles. The third-order valence-corrected chi connectivity index (χ3v) is 1.33. The van der Waals surface area contributed by atoms with Crippen LogP contribution in [0.25, 0.3) is 0 Å². The van der Waals surface area contributed by atoms with E-state index in [1.165, 1.54) is 0 Å². The van der Waals surface area contributed by atoms with Crippen molar-refractivity contribution in [2.45, 2.75) is 13.1 Å². The number of pyridine rings is 1. The highest BCUT2D eigenvalue weighted by molar-refractivity contribution is 5.21. The Morgan fingerprint density at radius 1 is 1.42 bits per heavy atom. The topological polar surface area (TPSA) is 12.9 Å². The number of rotatable bonds is 2. The van der Waals surface area contributed by atoms with Gasteiger partial charge >= 0.3 is 0 Å². The molecule has 0 saturated heterocycles. The Hall–Kier alpha value is -1.13. The molecule has 1 rings (SSSR count). The Bertz CT molecular complexity index is 274. The van der Waals surface area contributed by atoms with Crippen molar-refractivity contribution in [3.63, 3.8) is 0 Å². The zero-order chi connectivity index (χ0) is 9.14. The molecule has 0 fully saturated rings. The summed E-state index contributed by atoms with van der Waals surface area (Å²) < 4.78 is 48.3. The van der Waals surface area contributed by atoms with Crippen LogP contribution in [0.4, 0.5) is 17.6 Å². The van der Waals surface area contributed by atoms with E-state index in [0.29, 0.717) is 12.3 Å². The van der Waals surface area contributed by atoms with Crippen molar-refractivity contribution in [1.29, 1.82) is 0 Å². The van der Waals surface area contributed by atoms with Crippen LogP contribution in [0.2, 0.25) is 0 Å². The van der Waals surface area contributed by atoms with E-state index in [1.54, 1.807) is 0 Å². The number of alkyl halides is 3. The fourth-order valence-corrected chi connectivity index (χ4v) is 0.784. The van der Waals surface area contributed by atoms with Crippen molar-refractivity contribution in [1.82, 2.24) is 4.98 Å². The summed E-state index contributed by atoms with van der Waals surface area (Å²) in [7, 11) is 0. The maximum atomic E-state index is 12.3. The summed E-state index contributed by atoms with van der Waals surface area (Å²) in [6.07, 6.45) is -2.18. The molecule has 0 spiro atoms. The predicted molar refractivity (Wildman–Crippen MR) is 34.0 cm³/mol. The standard InChI is InChI=1S/C7H5F4N/c8-2-6-5(7(10)11)1-4(9)3-12-6/h1,3,7H,2H2. The molecule has 12 heavy (non-hydrogen) atoms. The average Bonchev–Trinajstić information content (AvgIpc) is 2.04. The number of hydrogen-bond acceptors (Lipinski definition) is 1. The largest absolute Gasteiger partial charge is 0.265 e. The van der Waals surface area contributed by atoms with Crippen molar-refractivity contribution in [2.75, 3.05) is 0 Å². The van der Waals surface area contributed by atoms with Gasteiger partial charge in [0.1, 0.15) is 12.5 Å². The van der Waals surface area contributed by atoms with Crippen LogP contribution in [0, 0.1) is 5.82 Å². The minimum Gasteiger partial charge on any atom is -0.255 e. The van der Waals surface area contributed by atoms with Crippen LogP contribution in [0.1, 0.15) is 17.7 Å². The second kappa shape index (κ2) is 3.51. The van der Waals surface area contributed by atoms with Crippen LogP contribution < -0.4 is 0 Å². The lowest BCUT2D eigenvalue weighted by atomic mass is 10.2. The summed E-state index contributed by atoms with van der Waals surface area (Å²) in [6, 6.07) is 0.590. The molecule has 0 bridgehead atoms. The van der Waals surface area contributed by atoms with Gasteiger partial charge in [-0.25, -0.2) is 17.6 Å². The third-order valence-electron chi connectivity index (χ3n) is 1.33. The quantitative estimate of drug-likeness (QED) is 0.636. The van der Waals surface area contributed by atoms with E-state index >= 15 is 0 Å². The molecule has 0 aliphatic carbocycles. The van der Waals surface area contributed by atoms with Crippen LogP contribution in [-0.2, 0) is 6.67 Å². The van der Waals surface area contributed by atoms with E-state index in [0.717, 1.165) is 0 Å². The zero-order valence-corrected chi connectivity index (χ0v) is 5.90. The highest BCUT2D eigenvalue weighted by atomic mass is 19.3. The van der Waals surface area contributed by atoms with Crippen molar-refractivity contribution in [3.8, 4) is 0 Å². The Morgan fingerprint density at radius 3 is 2.58 bits per heavy atom. The van der Waals surface area contributed by atoms with Gasteiger partial charge in [-0.3, -0.25) is 4.98 Å². The van der Waals surface area contributed by atoms with Crippen molar-refractivity contribution < 1.29 is 17.6 Å². The molecule has 5 heteroatoms. The van der Waals surface area contributed by atoms with Gasteiger partial charge in [-0.05, 0) is 6.07 Å². The molecule has 1 heterocycles. The van der Waals surface area contributed by atoms with Crippen molar-refractivity contribution >= 4 is 0 Å². The van der Waals surface area contributed by atoms with Gasteiger partial charge in [0.05, 0.1) is 11.9 Å². The van der Waals surface area contributed by atoms with Crippen LogP contribution in [0.5, 0.6) is 0 Å². The normalized spacial score (nSPS) is 10.8. The van der Waals surface area contributed by atoms with Crippen LogP contribution in [-0.4, -0.2) is 4.98 Å². The van der Waals surface area contributed by atoms with Gasteiger partial charge < -0.3 is 0 Å². The molecular formula is C7H5F4N. The fraction of sp³-hybridized carbons (Fsp3) is 0.286. The molecular weight excluding hydrogens is 174 g/mol. The maximum absolute atomic E-state index is 12.3. The molecule has 0 unspecified atom stereocenters. The molecule has 0 amide bonds. The second-order valence-corrected chi connectivity index (χ2v) is 2.12. The number of hydrogen-bond donors (Lipinski definition) is 0. The molecule has 0 N–H and O–H groups in total. The zero-order valence-electron chi connectivity index (χ0n) is 5.90. The van der Waals surface area contributed by atoms with E-state index in [4.69, 9.17) is 0 Å². The summed E-state index contributed by atoms with van der Waals surface area (Å²) in [6.45, 7) is -1.11. The molecule has 0 atom stereocenters. The second-order valence-electron chi connectivity index (χ2n) is 2.12. The summed E-state index contributed by atoms with van der Waals surface area (Å²) >= 11 is 0. The van der Waals surface area contributed by atoms with E-state index in [1.807, 2.05) is 0 Å². The van der Waals surface area contributed by atoms with Gasteiger partial charge in [0, 0.05) is 5.56 Å². The first-order valence-corrected chi connectivity index (χ1v) is 3.13. The van der Waals surface area contributed by atoms with Crippen molar-refractivity contribution in [2.24, 2.45) is 0 Å². The minimum absolute atomic E-state index is 0.411. The van der Waals surface area contributed by atoms with Gasteiger partial charge in [0.15, 0.2) is 0 Å². The molecule has 0 aromatic carbocycles. The minimum atomic E-state index is -2.89. The van der Waals surface area contributed by atoms with Gasteiger partial charge in [-0.2, -0.15) is 0 Å². The molecule has 0 aliphatic rings. The smallest absolute Gasteiger partial charge is 0.255 e. The van der Waals surface area contributed by atoms with E-state index < -0.39 is 30.2 Å². The van der Waals surface area contributed by atoms with E-state index in [2.05, 4.69) is 4.98 Å². The molecule has 1 nitrogen and oxygen atoms in total. The van der Waals surface area contributed by atoms with Gasteiger partial charge in [0.25, 0.3) is 6.43 Å². The molecule has 0 radical (unpaired) electrons. The lowest BCUT2D eigenvalue weighted by Crippen LogP contribution is -1.97. The van der Waals surface area contributed by atoms with Crippen molar-refractivity contribution in [3.05, 3.63) is 29.3 Å². The lowest BCUT2D eigenvalue weighted by molar-refractivity contribution is 0.148. The molecule has 1 aromatic heterocycles. The number of halogens is 4. The van der Waals surface area contributed by atoms with Gasteiger partial charge in [-0.1, -0.05) is 0 Å². The first-order valence-electron chi connectivity index (χ1n) is 3.13. The summed E-state index contributed by atoms with van der Waals surface area (Å²) in [5, 5.41) is 0. The summed E-state index contributed by atoms with van der Waals surface area (Å²) in [5.74, 6) is -0.887. The monoisotopic (exact) mass is 179 g/mol. The third kappa shape index (κ3) is 1.72. The fourth-order valence-electron chi connectivity index (χ4n) is 0.784. The van der Waals surface area contributed by atoms with E-state index in [9.17, 15) is 17.6 Å². The SMILES string of the molecule is FCc1ncc(F)cc1C(F)F. The summed E-state index contributed by atoms with van der Waals surface area (Å²) in [5.41, 5.74) is -1.09. The first kappa shape index (κ1) is 8.96. The first-order chi connectivity index (χ1) is 5.65. The maximum Gasteiger partial charge on any atom is 0.265 e. The van der Waals surface area contributed by atoms with Crippen LogP contribution in [0.15, 0.2) is 12.3 Å². The predicted octanol–water partition coefficient (Wildman–Crippen LogP) is 2.63. The Morgan fingerprint density at radius 2 is 2.08 bits per heavy atom. The number of aromatic nitrogens is 1. The Balaban J connectivity index is 3.12. The number of nitrogens with zero attached hydrogens (tertiary/aromatic N) is 1. The summed E-state index contributed by atoms with van der Waals surface area (Å²) in [4.78, 5) is 3.19. The van der Waals surface area contributed by atoms with Gasteiger partial charge in [-0.15, -0.1) is 0 Å². The van der Waals surface area contributed by atoms with Gasteiger partial charge in [0.2, 0.25) is 0 Å². The highest BCUT2D eigenvalue weighted by Crippen LogP contribution is 2.22. The average molecular weight is 179 g/mol. The van der Waals surface area contributed by atoms with Crippen LogP contribution in [0.3, 0.4) is 0 Å². The Labute approximate surface area is 66.0 Å². The highest BCUT2D eigenvalue weighted by Gasteiger charge is 2.14. The lowest BCUT2D eigenvalue weighted by Gasteiger charge is -2.03. The molecule has 1 aromatic rings. The molecule has 66 valence electrons. The van der Waals surface area contributed by atoms with Crippen LogP contribution >= 0.6 is 0 Å². The Kier molecular flexibility index (Phi) is 2.62. The molecule has 0 saturated carbocycles.